The maximum absolute atomic E-state index is 5.66. The molecular formula is C23H28N4O2. The van der Waals surface area contributed by atoms with Crippen molar-refractivity contribution in [2.24, 2.45) is 11.8 Å². The Balaban J connectivity index is 1.24. The molecule has 2 heterocycles. The second kappa shape index (κ2) is 7.59. The molecular weight excluding hydrogens is 364 g/mol. The van der Waals surface area contributed by atoms with Crippen LogP contribution in [0.25, 0.3) is 11.3 Å². The molecule has 6 nitrogen and oxygen atoms in total. The molecule has 2 unspecified atom stereocenters. The average Bonchev–Trinajstić information content (AvgIpc) is 3.43. The second-order valence-electron chi connectivity index (χ2n) is 8.08. The van der Waals surface area contributed by atoms with Crippen LogP contribution in [-0.4, -0.2) is 60.4 Å². The molecule has 6 heteroatoms. The number of piperazine rings is 1. The van der Waals surface area contributed by atoms with Gasteiger partial charge in [0.15, 0.2) is 0 Å². The number of H-pyrrole nitrogens is 1. The number of hydrogen-bond acceptors (Lipinski definition) is 5. The molecule has 0 radical (unpaired) electrons. The van der Waals surface area contributed by atoms with Gasteiger partial charge < -0.3 is 14.4 Å². The van der Waals surface area contributed by atoms with Crippen molar-refractivity contribution in [3.63, 3.8) is 0 Å². The molecule has 2 aliphatic carbocycles. The lowest BCUT2D eigenvalue weighted by molar-refractivity contribution is 0.139. The van der Waals surface area contributed by atoms with Crippen molar-refractivity contribution in [3.05, 3.63) is 59.6 Å². The first-order valence-electron chi connectivity index (χ1n) is 10.4. The number of ether oxygens (including phenoxy) is 2. The fourth-order valence-corrected chi connectivity index (χ4v) is 4.61. The van der Waals surface area contributed by atoms with E-state index >= 15 is 0 Å². The van der Waals surface area contributed by atoms with Gasteiger partial charge in [0, 0.05) is 49.8 Å². The Morgan fingerprint density at radius 3 is 2.59 bits per heavy atom. The lowest BCUT2D eigenvalue weighted by atomic mass is 10.1. The van der Waals surface area contributed by atoms with E-state index in [0.717, 1.165) is 61.4 Å². The van der Waals surface area contributed by atoms with Crippen molar-refractivity contribution < 1.29 is 9.47 Å². The predicted octanol–water partition coefficient (Wildman–Crippen LogP) is 3.27. The van der Waals surface area contributed by atoms with Crippen LogP contribution in [0.5, 0.6) is 5.75 Å². The van der Waals surface area contributed by atoms with E-state index in [1.165, 1.54) is 17.7 Å². The molecule has 152 valence electrons. The maximum atomic E-state index is 5.66. The Labute approximate surface area is 171 Å². The van der Waals surface area contributed by atoms with Gasteiger partial charge in [0.2, 0.25) is 0 Å². The van der Waals surface area contributed by atoms with E-state index in [9.17, 15) is 0 Å². The average molecular weight is 393 g/mol. The summed E-state index contributed by atoms with van der Waals surface area (Å²) >= 11 is 0. The van der Waals surface area contributed by atoms with Gasteiger partial charge in [-0.05, 0) is 42.7 Å². The summed E-state index contributed by atoms with van der Waals surface area (Å²) in [6, 6.07) is 8.14. The Morgan fingerprint density at radius 2 is 1.86 bits per heavy atom. The predicted molar refractivity (Wildman–Crippen MR) is 112 cm³/mol. The molecule has 2 aromatic rings. The van der Waals surface area contributed by atoms with Gasteiger partial charge in [-0.2, -0.15) is 5.10 Å². The smallest absolute Gasteiger partial charge is 0.137 e. The number of methoxy groups -OCH3 is 2. The standard InChI is InChI=1S/C23H28N4O2/c1-28-19-6-3-16(4-7-19)22-18(14-24-25-22)15-26-9-11-27(12-10-26)23-20-13-17(20)5-8-21(23)29-2/h3-8,14,17,20H,9-13,15H2,1-2H3,(H,24,25). The van der Waals surface area contributed by atoms with E-state index in [1.807, 2.05) is 18.3 Å². The van der Waals surface area contributed by atoms with Crippen LogP contribution < -0.4 is 4.74 Å². The van der Waals surface area contributed by atoms with Crippen LogP contribution in [0, 0.1) is 11.8 Å². The van der Waals surface area contributed by atoms with Crippen LogP contribution in [0.4, 0.5) is 0 Å². The van der Waals surface area contributed by atoms with Crippen LogP contribution in [-0.2, 0) is 11.3 Å². The summed E-state index contributed by atoms with van der Waals surface area (Å²) in [4.78, 5) is 5.06. The van der Waals surface area contributed by atoms with Crippen LogP contribution in [0.15, 0.2) is 54.1 Å². The summed E-state index contributed by atoms with van der Waals surface area (Å²) in [6.45, 7) is 5.11. The highest BCUT2D eigenvalue weighted by atomic mass is 16.5. The molecule has 1 saturated carbocycles. The summed E-state index contributed by atoms with van der Waals surface area (Å²) in [5.74, 6) is 3.34. The molecule has 2 atom stereocenters. The monoisotopic (exact) mass is 392 g/mol. The van der Waals surface area contributed by atoms with E-state index in [0.29, 0.717) is 5.92 Å². The van der Waals surface area contributed by atoms with Gasteiger partial charge in [-0.1, -0.05) is 6.08 Å². The number of aromatic nitrogens is 2. The molecule has 0 bridgehead atoms. The van der Waals surface area contributed by atoms with Gasteiger partial charge in [-0.25, -0.2) is 0 Å². The second-order valence-corrected chi connectivity index (χ2v) is 8.08. The number of allylic oxidation sites excluding steroid dienone is 3. The van der Waals surface area contributed by atoms with Gasteiger partial charge in [-0.15, -0.1) is 0 Å². The largest absolute Gasteiger partial charge is 0.497 e. The molecule has 1 aliphatic heterocycles. The topological polar surface area (TPSA) is 53.6 Å². The molecule has 2 fully saturated rings. The number of nitrogens with zero attached hydrogens (tertiary/aromatic N) is 3. The van der Waals surface area contributed by atoms with Gasteiger partial charge in [-0.3, -0.25) is 10.00 Å². The van der Waals surface area contributed by atoms with Crippen molar-refractivity contribution >= 4 is 0 Å². The van der Waals surface area contributed by atoms with Crippen LogP contribution in [0.2, 0.25) is 0 Å². The van der Waals surface area contributed by atoms with E-state index < -0.39 is 0 Å². The van der Waals surface area contributed by atoms with E-state index in [4.69, 9.17) is 9.47 Å². The number of aromatic amines is 1. The number of hydrogen-bond donors (Lipinski definition) is 1. The summed E-state index contributed by atoms with van der Waals surface area (Å²) in [5, 5.41) is 7.48. The fourth-order valence-electron chi connectivity index (χ4n) is 4.61. The maximum Gasteiger partial charge on any atom is 0.137 e. The van der Waals surface area contributed by atoms with Crippen molar-refractivity contribution in [1.82, 2.24) is 20.0 Å². The summed E-state index contributed by atoms with van der Waals surface area (Å²) in [6.07, 6.45) is 7.71. The van der Waals surface area contributed by atoms with E-state index in [2.05, 4.69) is 44.3 Å². The third kappa shape index (κ3) is 3.53. The number of fused-ring (bicyclic) bond motifs is 1. The Kier molecular flexibility index (Phi) is 4.79. The third-order valence-corrected chi connectivity index (χ3v) is 6.36. The van der Waals surface area contributed by atoms with Crippen molar-refractivity contribution in [1.29, 1.82) is 0 Å². The molecule has 29 heavy (non-hydrogen) atoms. The highest BCUT2D eigenvalue weighted by Gasteiger charge is 2.44. The lowest BCUT2D eigenvalue weighted by Gasteiger charge is -2.38. The quantitative estimate of drug-likeness (QED) is 0.818. The molecule has 5 rings (SSSR count). The number of nitrogens with one attached hydrogen (secondary N) is 1. The molecule has 1 aromatic carbocycles. The Hall–Kier alpha value is -2.73. The lowest BCUT2D eigenvalue weighted by Crippen LogP contribution is -2.46. The molecule has 1 aromatic heterocycles. The molecule has 3 aliphatic rings. The van der Waals surface area contributed by atoms with Crippen molar-refractivity contribution in [2.75, 3.05) is 40.4 Å². The molecule has 0 amide bonds. The number of rotatable bonds is 6. The van der Waals surface area contributed by atoms with Gasteiger partial charge in [0.1, 0.15) is 11.5 Å². The van der Waals surface area contributed by atoms with Crippen LogP contribution in [0.1, 0.15) is 12.0 Å². The highest BCUT2D eigenvalue weighted by Crippen LogP contribution is 2.50. The Bertz CT molecular complexity index is 923. The van der Waals surface area contributed by atoms with E-state index in [1.54, 1.807) is 14.2 Å². The van der Waals surface area contributed by atoms with Crippen LogP contribution >= 0.6 is 0 Å². The highest BCUT2D eigenvalue weighted by molar-refractivity contribution is 5.63. The number of benzene rings is 1. The third-order valence-electron chi connectivity index (χ3n) is 6.36. The summed E-state index contributed by atoms with van der Waals surface area (Å²) in [5.41, 5.74) is 4.91. The normalized spacial score (nSPS) is 23.9. The molecule has 1 N–H and O–H groups in total. The van der Waals surface area contributed by atoms with Gasteiger partial charge in [0.05, 0.1) is 31.8 Å². The minimum atomic E-state index is 0.678. The Morgan fingerprint density at radius 1 is 1.07 bits per heavy atom. The van der Waals surface area contributed by atoms with Gasteiger partial charge in [0.25, 0.3) is 0 Å². The first-order valence-corrected chi connectivity index (χ1v) is 10.4. The van der Waals surface area contributed by atoms with Crippen LogP contribution in [0.3, 0.4) is 0 Å². The SMILES string of the molecule is COC1=C(N2CCN(Cc3cn[nH]c3-c3ccc(OC)cc3)CC2)C2CC2C=C1. The van der Waals surface area contributed by atoms with Gasteiger partial charge >= 0.3 is 0 Å². The zero-order valence-corrected chi connectivity index (χ0v) is 17.1. The first-order chi connectivity index (χ1) is 14.3. The first kappa shape index (κ1) is 18.3. The summed E-state index contributed by atoms with van der Waals surface area (Å²) < 4.78 is 10.9. The zero-order chi connectivity index (χ0) is 19.8. The summed E-state index contributed by atoms with van der Waals surface area (Å²) in [7, 11) is 3.48. The molecule has 0 spiro atoms. The minimum Gasteiger partial charge on any atom is -0.497 e. The van der Waals surface area contributed by atoms with E-state index in [-0.39, 0.29) is 0 Å². The zero-order valence-electron chi connectivity index (χ0n) is 17.1. The molecule has 1 saturated heterocycles. The van der Waals surface area contributed by atoms with Crippen molar-refractivity contribution in [3.8, 4) is 17.0 Å². The minimum absolute atomic E-state index is 0.678. The van der Waals surface area contributed by atoms with Crippen molar-refractivity contribution in [2.45, 2.75) is 13.0 Å². The fraction of sp³-hybridized carbons (Fsp3) is 0.435.